The van der Waals surface area contributed by atoms with E-state index >= 15 is 0 Å². The van der Waals surface area contributed by atoms with Crippen molar-refractivity contribution in [2.24, 2.45) is 0 Å². The van der Waals surface area contributed by atoms with Gasteiger partial charge >= 0.3 is 0 Å². The molecule has 2 fully saturated rings. The summed E-state index contributed by atoms with van der Waals surface area (Å²) in [6, 6.07) is -0.0859. The molecule has 2 rings (SSSR count). The molecule has 20 heavy (non-hydrogen) atoms. The third kappa shape index (κ3) is 2.45. The number of carbonyl (C=O) groups excluding carboxylic acids is 2. The van der Waals surface area contributed by atoms with Gasteiger partial charge in [-0.2, -0.15) is 0 Å². The van der Waals surface area contributed by atoms with Gasteiger partial charge in [-0.25, -0.2) is 0 Å². The highest BCUT2D eigenvalue weighted by atomic mass is 16.2. The van der Waals surface area contributed by atoms with Crippen LogP contribution in [0.3, 0.4) is 0 Å². The first-order valence-electron chi connectivity index (χ1n) is 8.24. The summed E-state index contributed by atoms with van der Waals surface area (Å²) in [5.74, 6) is 0.234. The lowest BCUT2D eigenvalue weighted by atomic mass is 9.77. The molecule has 1 unspecified atom stereocenters. The Bertz CT molecular complexity index is 371. The Labute approximate surface area is 122 Å². The van der Waals surface area contributed by atoms with E-state index in [2.05, 4.69) is 19.2 Å². The largest absolute Gasteiger partial charge is 0.340 e. The summed E-state index contributed by atoms with van der Waals surface area (Å²) >= 11 is 0. The second kappa shape index (κ2) is 6.15. The van der Waals surface area contributed by atoms with E-state index in [-0.39, 0.29) is 23.9 Å². The van der Waals surface area contributed by atoms with Crippen molar-refractivity contribution in [1.29, 1.82) is 0 Å². The van der Waals surface area contributed by atoms with Crippen molar-refractivity contribution >= 4 is 11.8 Å². The Morgan fingerprint density at radius 2 is 1.75 bits per heavy atom. The third-order valence-corrected chi connectivity index (χ3v) is 5.07. The first kappa shape index (κ1) is 15.3. The Hall–Kier alpha value is -1.06. The predicted molar refractivity (Wildman–Crippen MR) is 79.3 cm³/mol. The van der Waals surface area contributed by atoms with Crippen molar-refractivity contribution in [3.63, 3.8) is 0 Å². The fourth-order valence-electron chi connectivity index (χ4n) is 3.87. The molecule has 2 amide bonds. The number of amides is 2. The zero-order valence-electron chi connectivity index (χ0n) is 13.1. The van der Waals surface area contributed by atoms with Gasteiger partial charge in [-0.3, -0.25) is 9.59 Å². The molecule has 4 heteroatoms. The van der Waals surface area contributed by atoms with Gasteiger partial charge in [-0.15, -0.1) is 0 Å². The van der Waals surface area contributed by atoms with Crippen molar-refractivity contribution in [1.82, 2.24) is 10.2 Å². The number of carbonyl (C=O) groups is 2. The van der Waals surface area contributed by atoms with Crippen LogP contribution in [0.5, 0.6) is 0 Å². The molecule has 2 aliphatic rings. The number of hydrogen-bond donors (Lipinski definition) is 1. The molecule has 4 nitrogen and oxygen atoms in total. The van der Waals surface area contributed by atoms with Crippen molar-refractivity contribution in [2.75, 3.05) is 0 Å². The Balaban J connectivity index is 2.33. The summed E-state index contributed by atoms with van der Waals surface area (Å²) in [4.78, 5) is 27.5. The maximum absolute atomic E-state index is 13.1. The number of piperazine rings is 1. The lowest BCUT2D eigenvalue weighted by Crippen LogP contribution is -2.72. The molecular weight excluding hydrogens is 252 g/mol. The molecule has 0 bridgehead atoms. The number of nitrogens with zero attached hydrogens (tertiary/aromatic N) is 1. The molecule has 0 aromatic rings. The van der Waals surface area contributed by atoms with Crippen LogP contribution in [-0.2, 0) is 9.59 Å². The summed E-state index contributed by atoms with van der Waals surface area (Å²) in [5.41, 5.74) is -0.594. The molecule has 0 radical (unpaired) electrons. The van der Waals surface area contributed by atoms with E-state index in [4.69, 9.17) is 0 Å². The lowest BCUT2D eigenvalue weighted by Gasteiger charge is -2.50. The maximum Gasteiger partial charge on any atom is 0.249 e. The Kier molecular flexibility index (Phi) is 4.71. The van der Waals surface area contributed by atoms with Crippen molar-refractivity contribution in [2.45, 2.75) is 89.8 Å². The van der Waals surface area contributed by atoms with Crippen LogP contribution in [0.2, 0.25) is 0 Å². The van der Waals surface area contributed by atoms with E-state index in [1.165, 1.54) is 6.42 Å². The van der Waals surface area contributed by atoms with Crippen molar-refractivity contribution in [3.05, 3.63) is 0 Å². The molecule has 1 atom stereocenters. The second-order valence-corrected chi connectivity index (χ2v) is 6.24. The second-order valence-electron chi connectivity index (χ2n) is 6.24. The third-order valence-electron chi connectivity index (χ3n) is 5.07. The van der Waals surface area contributed by atoms with Crippen LogP contribution in [0.25, 0.3) is 0 Å². The van der Waals surface area contributed by atoms with Gasteiger partial charge in [-0.1, -0.05) is 40.0 Å². The smallest absolute Gasteiger partial charge is 0.249 e. The monoisotopic (exact) mass is 280 g/mol. The van der Waals surface area contributed by atoms with Crippen LogP contribution >= 0.6 is 0 Å². The SMILES string of the molecule is CCC(CC)N1C(=O)C2(CCCCC2)NC(=O)C1CC. The highest BCUT2D eigenvalue weighted by molar-refractivity contribution is 6.00. The summed E-state index contributed by atoms with van der Waals surface area (Å²) < 4.78 is 0. The predicted octanol–water partition coefficient (Wildman–Crippen LogP) is 2.61. The van der Waals surface area contributed by atoms with Gasteiger partial charge in [0, 0.05) is 6.04 Å². The zero-order valence-corrected chi connectivity index (χ0v) is 13.1. The minimum atomic E-state index is -0.594. The molecule has 1 saturated carbocycles. The Morgan fingerprint density at radius 1 is 1.15 bits per heavy atom. The lowest BCUT2D eigenvalue weighted by molar-refractivity contribution is -0.160. The highest BCUT2D eigenvalue weighted by Crippen LogP contribution is 2.35. The van der Waals surface area contributed by atoms with Gasteiger partial charge < -0.3 is 10.2 Å². The van der Waals surface area contributed by atoms with Crippen LogP contribution < -0.4 is 5.32 Å². The normalized spacial score (nSPS) is 26.2. The van der Waals surface area contributed by atoms with E-state index in [9.17, 15) is 9.59 Å². The minimum absolute atomic E-state index is 0.0564. The van der Waals surface area contributed by atoms with E-state index < -0.39 is 5.54 Å². The molecule has 0 aromatic heterocycles. The maximum atomic E-state index is 13.1. The van der Waals surface area contributed by atoms with Crippen LogP contribution in [0.1, 0.15) is 72.1 Å². The molecule has 1 heterocycles. The highest BCUT2D eigenvalue weighted by Gasteiger charge is 2.51. The minimum Gasteiger partial charge on any atom is -0.340 e. The quantitative estimate of drug-likeness (QED) is 0.860. The van der Waals surface area contributed by atoms with Crippen molar-refractivity contribution < 1.29 is 9.59 Å². The number of nitrogens with one attached hydrogen (secondary N) is 1. The summed E-state index contributed by atoms with van der Waals surface area (Å²) in [5, 5.41) is 3.09. The molecular formula is C16H28N2O2. The number of rotatable bonds is 4. The fraction of sp³-hybridized carbons (Fsp3) is 0.875. The van der Waals surface area contributed by atoms with E-state index in [0.29, 0.717) is 6.42 Å². The van der Waals surface area contributed by atoms with Gasteiger partial charge in [-0.05, 0) is 32.1 Å². The standard InChI is InChI=1S/C16H28N2O2/c1-4-12(5-2)18-13(6-3)14(19)17-16(15(18)20)10-8-7-9-11-16/h12-13H,4-11H2,1-3H3,(H,17,19). The van der Waals surface area contributed by atoms with Gasteiger partial charge in [0.25, 0.3) is 0 Å². The van der Waals surface area contributed by atoms with Gasteiger partial charge in [0.15, 0.2) is 0 Å². The van der Waals surface area contributed by atoms with Crippen LogP contribution in [-0.4, -0.2) is 34.3 Å². The average molecular weight is 280 g/mol. The molecule has 1 N–H and O–H groups in total. The molecule has 1 aliphatic heterocycles. The van der Waals surface area contributed by atoms with E-state index in [0.717, 1.165) is 38.5 Å². The van der Waals surface area contributed by atoms with E-state index in [1.54, 1.807) is 0 Å². The molecule has 1 spiro atoms. The topological polar surface area (TPSA) is 49.4 Å². The summed E-state index contributed by atoms with van der Waals surface area (Å²) in [7, 11) is 0. The van der Waals surface area contributed by atoms with Gasteiger partial charge in [0.1, 0.15) is 11.6 Å². The molecule has 114 valence electrons. The van der Waals surface area contributed by atoms with Crippen LogP contribution in [0.4, 0.5) is 0 Å². The fourth-order valence-corrected chi connectivity index (χ4v) is 3.87. The van der Waals surface area contributed by atoms with Gasteiger partial charge in [0.05, 0.1) is 0 Å². The summed E-state index contributed by atoms with van der Waals surface area (Å²) in [6.45, 7) is 6.20. The van der Waals surface area contributed by atoms with Crippen molar-refractivity contribution in [3.8, 4) is 0 Å². The average Bonchev–Trinajstić information content (AvgIpc) is 2.46. The first-order chi connectivity index (χ1) is 9.59. The number of hydrogen-bond acceptors (Lipinski definition) is 2. The van der Waals surface area contributed by atoms with E-state index in [1.807, 2.05) is 11.8 Å². The van der Waals surface area contributed by atoms with Crippen LogP contribution in [0, 0.1) is 0 Å². The van der Waals surface area contributed by atoms with Gasteiger partial charge in [0.2, 0.25) is 11.8 Å². The molecule has 1 aliphatic carbocycles. The van der Waals surface area contributed by atoms with Crippen LogP contribution in [0.15, 0.2) is 0 Å². The zero-order chi connectivity index (χ0) is 14.8. The summed E-state index contributed by atoms with van der Waals surface area (Å²) in [6.07, 6.45) is 7.41. The Morgan fingerprint density at radius 3 is 2.25 bits per heavy atom. The first-order valence-corrected chi connectivity index (χ1v) is 8.24. The molecule has 0 aromatic carbocycles. The molecule has 1 saturated heterocycles.